The number of nitrogens with one attached hydrogen (secondary N) is 1. The Morgan fingerprint density at radius 1 is 1.26 bits per heavy atom. The zero-order valence-electron chi connectivity index (χ0n) is 14.2. The summed E-state index contributed by atoms with van der Waals surface area (Å²) < 4.78 is 6.03. The monoisotopic (exact) mass is 519 g/mol. The smallest absolute Gasteiger partial charge is 0.331 e. The second-order valence-corrected chi connectivity index (χ2v) is 8.13. The molecule has 1 aliphatic heterocycles. The maximum atomic E-state index is 12.4. The van der Waals surface area contributed by atoms with Gasteiger partial charge in [-0.2, -0.15) is 0 Å². The Morgan fingerprint density at radius 3 is 2.52 bits per heavy atom. The fourth-order valence-corrected chi connectivity index (χ4v) is 4.30. The van der Waals surface area contributed by atoms with E-state index < -0.39 is 18.0 Å². The Balaban J connectivity index is 2.20. The third-order valence-electron chi connectivity index (χ3n) is 4.43. The zero-order chi connectivity index (χ0) is 19.7. The number of carbonyl (C=O) groups excluding carboxylic acids is 2. The van der Waals surface area contributed by atoms with E-state index in [1.54, 1.807) is 12.1 Å². The molecule has 6 nitrogen and oxygen atoms in total. The van der Waals surface area contributed by atoms with Crippen molar-refractivity contribution >= 4 is 63.5 Å². The molecule has 3 rings (SSSR count). The summed E-state index contributed by atoms with van der Waals surface area (Å²) in [6.07, 6.45) is 0.349. The first-order valence-electron chi connectivity index (χ1n) is 7.99. The summed E-state index contributed by atoms with van der Waals surface area (Å²) in [4.78, 5) is 24.0. The molecule has 0 aromatic heterocycles. The third-order valence-corrected chi connectivity index (χ3v) is 5.68. The van der Waals surface area contributed by atoms with Crippen LogP contribution in [0.3, 0.4) is 0 Å². The molecule has 1 aliphatic rings. The van der Waals surface area contributed by atoms with E-state index in [1.165, 1.54) is 12.1 Å². The number of primary amides is 1. The molecule has 0 fully saturated rings. The summed E-state index contributed by atoms with van der Waals surface area (Å²) in [6, 6.07) is 9.66. The summed E-state index contributed by atoms with van der Waals surface area (Å²) in [5.74, 6) is -0.683. The van der Waals surface area contributed by atoms with Gasteiger partial charge in [0, 0.05) is 25.1 Å². The van der Waals surface area contributed by atoms with Crippen LogP contribution in [0.4, 0.5) is 10.5 Å². The summed E-state index contributed by atoms with van der Waals surface area (Å²) in [5.41, 5.74) is 10.1. The number of amides is 2. The zero-order valence-corrected chi connectivity index (χ0v) is 17.9. The molecule has 3 N–H and O–H groups in total. The predicted molar refractivity (Wildman–Crippen MR) is 113 cm³/mol. The molecule has 0 radical (unpaired) electrons. The Hall–Kier alpha value is -1.71. The molecular weight excluding hydrogens is 504 g/mol. The van der Waals surface area contributed by atoms with Gasteiger partial charge in [0.25, 0.3) is 0 Å². The molecular formula is C18H16Cl2IN3O3. The number of hydrazine groups is 1. The molecule has 9 heteroatoms. The first-order chi connectivity index (χ1) is 12.8. The third kappa shape index (κ3) is 4.09. The fraction of sp³-hybridized carbons (Fsp3) is 0.222. The summed E-state index contributed by atoms with van der Waals surface area (Å²) in [6.45, 7) is 0. The van der Waals surface area contributed by atoms with Crippen LogP contribution in [0, 0.1) is 3.57 Å². The Kier molecular flexibility index (Phi) is 6.02. The number of nitrogens with zero attached hydrogens (tertiary/aromatic N) is 1. The van der Waals surface area contributed by atoms with Gasteiger partial charge in [-0.1, -0.05) is 35.3 Å². The van der Waals surface area contributed by atoms with E-state index in [9.17, 15) is 9.59 Å². The molecule has 0 saturated carbocycles. The number of nitrogens with two attached hydrogens (primary N) is 1. The topological polar surface area (TPSA) is 84.7 Å². The van der Waals surface area contributed by atoms with E-state index in [2.05, 4.69) is 28.0 Å². The van der Waals surface area contributed by atoms with Gasteiger partial charge < -0.3 is 10.5 Å². The highest BCUT2D eigenvalue weighted by atomic mass is 127. The highest BCUT2D eigenvalue weighted by Gasteiger charge is 2.40. The number of benzene rings is 2. The second-order valence-electron chi connectivity index (χ2n) is 6.05. The van der Waals surface area contributed by atoms with E-state index in [0.717, 1.165) is 14.7 Å². The molecule has 2 aromatic carbocycles. The molecule has 2 aromatic rings. The SMILES string of the molecule is COC(=O)[C@@H]1C[C@@H](c2ccc(I)cc2)c2c(Cl)cc(Cl)cc2N1NC(N)=O. The Labute approximate surface area is 180 Å². The number of anilines is 1. The van der Waals surface area contributed by atoms with Gasteiger partial charge in [0.05, 0.1) is 12.8 Å². The van der Waals surface area contributed by atoms with E-state index in [-0.39, 0.29) is 5.92 Å². The minimum atomic E-state index is -0.807. The number of urea groups is 1. The molecule has 2 atom stereocenters. The van der Waals surface area contributed by atoms with E-state index in [0.29, 0.717) is 22.2 Å². The molecule has 1 heterocycles. The maximum absolute atomic E-state index is 12.4. The molecule has 27 heavy (non-hydrogen) atoms. The minimum Gasteiger partial charge on any atom is -0.467 e. The number of ether oxygens (including phenoxy) is 1. The van der Waals surface area contributed by atoms with Crippen molar-refractivity contribution in [1.82, 2.24) is 5.43 Å². The van der Waals surface area contributed by atoms with Crippen molar-refractivity contribution in [2.75, 3.05) is 12.1 Å². The van der Waals surface area contributed by atoms with Gasteiger partial charge in [-0.25, -0.2) is 15.0 Å². The van der Waals surface area contributed by atoms with Crippen LogP contribution in [0.25, 0.3) is 0 Å². The Bertz CT molecular complexity index is 892. The van der Waals surface area contributed by atoms with Crippen molar-refractivity contribution in [3.8, 4) is 0 Å². The number of rotatable bonds is 3. The van der Waals surface area contributed by atoms with Crippen LogP contribution >= 0.6 is 45.8 Å². The summed E-state index contributed by atoms with van der Waals surface area (Å²) in [7, 11) is 1.30. The maximum Gasteiger partial charge on any atom is 0.331 e. The highest BCUT2D eigenvalue weighted by Crippen LogP contribution is 2.46. The Morgan fingerprint density at radius 2 is 1.93 bits per heavy atom. The summed E-state index contributed by atoms with van der Waals surface area (Å²) >= 11 is 14.9. The van der Waals surface area contributed by atoms with Gasteiger partial charge in [-0.05, 0) is 58.8 Å². The molecule has 0 unspecified atom stereocenters. The quantitative estimate of drug-likeness (QED) is 0.473. The van der Waals surface area contributed by atoms with Crippen LogP contribution < -0.4 is 16.2 Å². The van der Waals surface area contributed by atoms with E-state index in [1.807, 2.05) is 24.3 Å². The lowest BCUT2D eigenvalue weighted by molar-refractivity contribution is -0.142. The molecule has 2 amide bonds. The number of halogens is 3. The fourth-order valence-electron chi connectivity index (χ4n) is 3.32. The first-order valence-corrected chi connectivity index (χ1v) is 9.82. The standard InChI is InChI=1S/C18H16Cl2IN3O3/c1-27-17(25)15-8-12(9-2-4-11(21)5-3-9)16-13(20)6-10(19)7-14(16)24(15)23-18(22)26/h2-7,12,15H,8H2,1H3,(H3,22,23,26)/t12-,15-/m0/s1. The van der Waals surface area contributed by atoms with Crippen molar-refractivity contribution in [3.05, 3.63) is 61.1 Å². The largest absolute Gasteiger partial charge is 0.467 e. The average Bonchev–Trinajstić information content (AvgIpc) is 2.61. The normalized spacial score (nSPS) is 18.6. The number of esters is 1. The number of methoxy groups -OCH3 is 1. The van der Waals surface area contributed by atoms with Gasteiger partial charge in [0.15, 0.2) is 0 Å². The first kappa shape index (κ1) is 20.0. The molecule has 0 bridgehead atoms. The van der Waals surface area contributed by atoms with Crippen LogP contribution in [-0.2, 0) is 9.53 Å². The van der Waals surface area contributed by atoms with Crippen molar-refractivity contribution in [3.63, 3.8) is 0 Å². The number of hydrogen-bond donors (Lipinski definition) is 2. The van der Waals surface area contributed by atoms with Crippen LogP contribution in [0.2, 0.25) is 10.0 Å². The minimum absolute atomic E-state index is 0.184. The van der Waals surface area contributed by atoms with Gasteiger partial charge in [-0.3, -0.25) is 5.01 Å². The van der Waals surface area contributed by atoms with Gasteiger partial charge in [-0.15, -0.1) is 0 Å². The summed E-state index contributed by atoms with van der Waals surface area (Å²) in [5, 5.41) is 2.20. The van der Waals surface area contributed by atoms with E-state index in [4.69, 9.17) is 33.7 Å². The highest BCUT2D eigenvalue weighted by molar-refractivity contribution is 14.1. The molecule has 0 spiro atoms. The van der Waals surface area contributed by atoms with Crippen molar-refractivity contribution < 1.29 is 14.3 Å². The van der Waals surface area contributed by atoms with Crippen LogP contribution in [0.5, 0.6) is 0 Å². The van der Waals surface area contributed by atoms with Crippen molar-refractivity contribution in [2.24, 2.45) is 5.73 Å². The predicted octanol–water partition coefficient (Wildman–Crippen LogP) is 4.06. The number of carbonyl (C=O) groups is 2. The molecule has 0 aliphatic carbocycles. The lowest BCUT2D eigenvalue weighted by atomic mass is 9.81. The van der Waals surface area contributed by atoms with Gasteiger partial charge in [0.1, 0.15) is 6.04 Å². The van der Waals surface area contributed by atoms with Crippen LogP contribution in [-0.4, -0.2) is 25.2 Å². The van der Waals surface area contributed by atoms with Gasteiger partial charge in [0.2, 0.25) is 0 Å². The number of fused-ring (bicyclic) bond motifs is 1. The molecule has 142 valence electrons. The lowest BCUT2D eigenvalue weighted by Gasteiger charge is -2.40. The van der Waals surface area contributed by atoms with E-state index >= 15 is 0 Å². The van der Waals surface area contributed by atoms with Crippen LogP contribution in [0.15, 0.2) is 36.4 Å². The second kappa shape index (κ2) is 8.12. The lowest BCUT2D eigenvalue weighted by Crippen LogP contribution is -2.56. The van der Waals surface area contributed by atoms with Gasteiger partial charge >= 0.3 is 12.0 Å². The van der Waals surface area contributed by atoms with Crippen LogP contribution in [0.1, 0.15) is 23.5 Å². The van der Waals surface area contributed by atoms with Crippen molar-refractivity contribution in [2.45, 2.75) is 18.4 Å². The number of hydrogen-bond acceptors (Lipinski definition) is 4. The average molecular weight is 520 g/mol. The molecule has 0 saturated heterocycles. The van der Waals surface area contributed by atoms with Crippen molar-refractivity contribution in [1.29, 1.82) is 0 Å².